The van der Waals surface area contributed by atoms with Gasteiger partial charge in [-0.2, -0.15) is 0 Å². The minimum atomic E-state index is -0.0326. The lowest BCUT2D eigenvalue weighted by molar-refractivity contribution is -0.121. The van der Waals surface area contributed by atoms with E-state index in [0.717, 1.165) is 22.7 Å². The Balaban J connectivity index is 1.43. The predicted octanol–water partition coefficient (Wildman–Crippen LogP) is 2.59. The smallest absolute Gasteiger partial charge is 0.222 e. The summed E-state index contributed by atoms with van der Waals surface area (Å²) in [5.74, 6) is 2.75. The molecule has 0 aromatic heterocycles. The molecule has 1 heterocycles. The van der Waals surface area contributed by atoms with E-state index in [1.807, 2.05) is 36.4 Å². The number of hydrogen-bond acceptors (Lipinski definition) is 6. The molecule has 2 N–H and O–H groups in total. The Morgan fingerprint density at radius 3 is 2.56 bits per heavy atom. The number of nitrogens with one attached hydrogen (secondary N) is 2. The SMILES string of the molecule is COc1ccc(CNC(=O)CCNc2ccc3c(c2)OCCO3)cc1OC. The van der Waals surface area contributed by atoms with Crippen LogP contribution in [0.3, 0.4) is 0 Å². The number of amides is 1. The summed E-state index contributed by atoms with van der Waals surface area (Å²) >= 11 is 0. The zero-order valence-corrected chi connectivity index (χ0v) is 15.5. The lowest BCUT2D eigenvalue weighted by Crippen LogP contribution is -2.25. The van der Waals surface area contributed by atoms with E-state index in [2.05, 4.69) is 10.6 Å². The number of methoxy groups -OCH3 is 2. The van der Waals surface area contributed by atoms with Crippen LogP contribution in [0.4, 0.5) is 5.69 Å². The Hall–Kier alpha value is -3.09. The minimum Gasteiger partial charge on any atom is -0.493 e. The van der Waals surface area contributed by atoms with Crippen molar-refractivity contribution < 1.29 is 23.7 Å². The summed E-state index contributed by atoms with van der Waals surface area (Å²) in [6, 6.07) is 11.2. The van der Waals surface area contributed by atoms with Crippen molar-refractivity contribution in [2.45, 2.75) is 13.0 Å². The highest BCUT2D eigenvalue weighted by atomic mass is 16.6. The van der Waals surface area contributed by atoms with Crippen LogP contribution >= 0.6 is 0 Å². The van der Waals surface area contributed by atoms with E-state index in [9.17, 15) is 4.79 Å². The monoisotopic (exact) mass is 372 g/mol. The number of ether oxygens (including phenoxy) is 4. The molecule has 0 atom stereocenters. The number of hydrogen-bond donors (Lipinski definition) is 2. The van der Waals surface area contributed by atoms with E-state index in [4.69, 9.17) is 18.9 Å². The van der Waals surface area contributed by atoms with Gasteiger partial charge in [0.05, 0.1) is 14.2 Å². The van der Waals surface area contributed by atoms with Crippen LogP contribution in [-0.4, -0.2) is 39.9 Å². The first kappa shape index (κ1) is 18.7. The van der Waals surface area contributed by atoms with Gasteiger partial charge in [0.15, 0.2) is 23.0 Å². The van der Waals surface area contributed by atoms with Crippen LogP contribution in [0.5, 0.6) is 23.0 Å². The number of carbonyl (C=O) groups excluding carboxylic acids is 1. The third-order valence-corrected chi connectivity index (χ3v) is 4.16. The first-order valence-corrected chi connectivity index (χ1v) is 8.80. The van der Waals surface area contributed by atoms with Gasteiger partial charge >= 0.3 is 0 Å². The molecule has 27 heavy (non-hydrogen) atoms. The average molecular weight is 372 g/mol. The molecule has 7 nitrogen and oxygen atoms in total. The minimum absolute atomic E-state index is 0.0326. The van der Waals surface area contributed by atoms with Crippen molar-refractivity contribution in [3.8, 4) is 23.0 Å². The second-order valence-corrected chi connectivity index (χ2v) is 6.00. The van der Waals surface area contributed by atoms with Gasteiger partial charge in [0.25, 0.3) is 0 Å². The van der Waals surface area contributed by atoms with Crippen molar-refractivity contribution in [2.24, 2.45) is 0 Å². The van der Waals surface area contributed by atoms with E-state index in [-0.39, 0.29) is 5.91 Å². The van der Waals surface area contributed by atoms with Crippen molar-refractivity contribution in [3.63, 3.8) is 0 Å². The number of anilines is 1. The molecule has 1 amide bonds. The molecule has 2 aromatic carbocycles. The van der Waals surface area contributed by atoms with Crippen LogP contribution in [0.2, 0.25) is 0 Å². The molecule has 3 rings (SSSR count). The lowest BCUT2D eigenvalue weighted by atomic mass is 10.2. The molecular formula is C20H24N2O5. The normalized spacial score (nSPS) is 12.2. The summed E-state index contributed by atoms with van der Waals surface area (Å²) in [5, 5.41) is 6.13. The average Bonchev–Trinajstić information content (AvgIpc) is 2.72. The van der Waals surface area contributed by atoms with Crippen LogP contribution in [-0.2, 0) is 11.3 Å². The second-order valence-electron chi connectivity index (χ2n) is 6.00. The summed E-state index contributed by atoms with van der Waals surface area (Å²) in [4.78, 5) is 12.1. The topological polar surface area (TPSA) is 78.1 Å². The zero-order chi connectivity index (χ0) is 19.1. The molecule has 0 spiro atoms. The van der Waals surface area contributed by atoms with Crippen LogP contribution in [0.15, 0.2) is 36.4 Å². The Morgan fingerprint density at radius 1 is 1.00 bits per heavy atom. The van der Waals surface area contributed by atoms with Crippen molar-refractivity contribution >= 4 is 11.6 Å². The summed E-state index contributed by atoms with van der Waals surface area (Å²) in [6.45, 7) is 2.08. The van der Waals surface area contributed by atoms with E-state index in [1.54, 1.807) is 14.2 Å². The van der Waals surface area contributed by atoms with Gasteiger partial charge in [-0.3, -0.25) is 4.79 Å². The predicted molar refractivity (Wildman–Crippen MR) is 102 cm³/mol. The molecule has 0 bridgehead atoms. The van der Waals surface area contributed by atoms with E-state index < -0.39 is 0 Å². The van der Waals surface area contributed by atoms with Crippen LogP contribution in [0.25, 0.3) is 0 Å². The van der Waals surface area contributed by atoms with Crippen LogP contribution in [0.1, 0.15) is 12.0 Å². The number of benzene rings is 2. The molecule has 0 unspecified atom stereocenters. The van der Waals surface area contributed by atoms with Crippen molar-refractivity contribution in [2.75, 3.05) is 39.3 Å². The molecule has 7 heteroatoms. The summed E-state index contributed by atoms with van der Waals surface area (Å²) in [6.07, 6.45) is 0.363. The highest BCUT2D eigenvalue weighted by molar-refractivity contribution is 5.76. The van der Waals surface area contributed by atoms with Gasteiger partial charge in [0.2, 0.25) is 5.91 Å². The fourth-order valence-corrected chi connectivity index (χ4v) is 2.75. The molecule has 0 aliphatic carbocycles. The Morgan fingerprint density at radius 2 is 1.78 bits per heavy atom. The molecule has 144 valence electrons. The molecular weight excluding hydrogens is 348 g/mol. The number of carbonyl (C=O) groups is 1. The third-order valence-electron chi connectivity index (χ3n) is 4.16. The van der Waals surface area contributed by atoms with Crippen LogP contribution < -0.4 is 29.6 Å². The fraction of sp³-hybridized carbons (Fsp3) is 0.350. The van der Waals surface area contributed by atoms with Gasteiger partial charge in [-0.25, -0.2) is 0 Å². The van der Waals surface area contributed by atoms with Gasteiger partial charge < -0.3 is 29.6 Å². The van der Waals surface area contributed by atoms with Gasteiger partial charge in [0.1, 0.15) is 13.2 Å². The number of rotatable bonds is 8. The largest absolute Gasteiger partial charge is 0.493 e. The fourth-order valence-electron chi connectivity index (χ4n) is 2.75. The molecule has 1 aliphatic heterocycles. The maximum Gasteiger partial charge on any atom is 0.222 e. The Bertz CT molecular complexity index is 794. The van der Waals surface area contributed by atoms with E-state index in [1.165, 1.54) is 0 Å². The number of fused-ring (bicyclic) bond motifs is 1. The maximum atomic E-state index is 12.1. The quantitative estimate of drug-likeness (QED) is 0.742. The highest BCUT2D eigenvalue weighted by Crippen LogP contribution is 2.32. The molecule has 0 fully saturated rings. The van der Waals surface area contributed by atoms with Crippen molar-refractivity contribution in [1.29, 1.82) is 0 Å². The van der Waals surface area contributed by atoms with Gasteiger partial charge in [-0.15, -0.1) is 0 Å². The Kier molecular flexibility index (Phi) is 6.25. The van der Waals surface area contributed by atoms with Gasteiger partial charge in [-0.05, 0) is 29.8 Å². The molecule has 0 saturated carbocycles. The van der Waals surface area contributed by atoms with Crippen LogP contribution in [0, 0.1) is 0 Å². The van der Waals surface area contributed by atoms with Crippen molar-refractivity contribution in [1.82, 2.24) is 5.32 Å². The molecule has 1 aliphatic rings. The van der Waals surface area contributed by atoms with Gasteiger partial charge in [-0.1, -0.05) is 6.07 Å². The van der Waals surface area contributed by atoms with Gasteiger partial charge in [0, 0.05) is 31.3 Å². The molecule has 0 radical (unpaired) electrons. The molecule has 2 aromatic rings. The summed E-state index contributed by atoms with van der Waals surface area (Å²) < 4.78 is 21.5. The zero-order valence-electron chi connectivity index (χ0n) is 15.5. The second kappa shape index (κ2) is 9.02. The third kappa shape index (κ3) is 4.97. The molecule has 0 saturated heterocycles. The standard InChI is InChI=1S/C20H24N2O5/c1-24-16-5-3-14(11-18(16)25-2)13-22-20(23)7-8-21-15-4-6-17-19(12-15)27-10-9-26-17/h3-6,11-12,21H,7-10,13H2,1-2H3,(H,22,23). The van der Waals surface area contributed by atoms with Crippen molar-refractivity contribution in [3.05, 3.63) is 42.0 Å². The van der Waals surface area contributed by atoms with E-state index in [0.29, 0.717) is 44.2 Å². The maximum absolute atomic E-state index is 12.1. The highest BCUT2D eigenvalue weighted by Gasteiger charge is 2.12. The van der Waals surface area contributed by atoms with E-state index >= 15 is 0 Å². The first-order valence-electron chi connectivity index (χ1n) is 8.80. The summed E-state index contributed by atoms with van der Waals surface area (Å²) in [7, 11) is 3.18. The summed E-state index contributed by atoms with van der Waals surface area (Å²) in [5.41, 5.74) is 1.84. The lowest BCUT2D eigenvalue weighted by Gasteiger charge is -2.19. The Labute approximate surface area is 158 Å². The first-order chi connectivity index (χ1) is 13.2.